The number of hydrogen-bond acceptors (Lipinski definition) is 6. The maximum Gasteiger partial charge on any atom is 0.336 e. The molecule has 6 nitrogen and oxygen atoms in total. The van der Waals surface area contributed by atoms with E-state index < -0.39 is 5.63 Å². The Balaban J connectivity index is 1.72. The Bertz CT molecular complexity index is 948. The Labute approximate surface area is 138 Å². The van der Waals surface area contributed by atoms with Gasteiger partial charge in [-0.25, -0.2) is 4.79 Å². The van der Waals surface area contributed by atoms with Crippen molar-refractivity contribution in [1.29, 1.82) is 0 Å². The average Bonchev–Trinajstić information content (AvgIpc) is 2.83. The average molecular weight is 327 g/mol. The minimum absolute atomic E-state index is 0.207. The van der Waals surface area contributed by atoms with Crippen LogP contribution in [0.25, 0.3) is 11.0 Å². The summed E-state index contributed by atoms with van der Waals surface area (Å²) < 4.78 is 15.5. The number of nitrogens with zero attached hydrogens (tertiary/aromatic N) is 1. The number of carbonyl (C=O) groups excluding carboxylic acids is 1. The van der Waals surface area contributed by atoms with Crippen molar-refractivity contribution in [3.63, 3.8) is 0 Å². The molecule has 6 heteroatoms. The van der Waals surface area contributed by atoms with Crippen LogP contribution >= 0.6 is 0 Å². The highest BCUT2D eigenvalue weighted by molar-refractivity contribution is 5.82. The van der Waals surface area contributed by atoms with Crippen molar-refractivity contribution >= 4 is 16.9 Å². The summed E-state index contributed by atoms with van der Waals surface area (Å²) in [5.74, 6) is 0.688. The smallest absolute Gasteiger partial charge is 0.336 e. The van der Waals surface area contributed by atoms with E-state index in [4.69, 9.17) is 13.7 Å². The summed E-state index contributed by atoms with van der Waals surface area (Å²) in [6, 6.07) is 6.43. The predicted octanol–water partition coefficient (Wildman–Crippen LogP) is 3.24. The van der Waals surface area contributed by atoms with Gasteiger partial charge in [0.15, 0.2) is 0 Å². The molecule has 0 fully saturated rings. The van der Waals surface area contributed by atoms with Crippen LogP contribution in [0.2, 0.25) is 0 Å². The van der Waals surface area contributed by atoms with E-state index in [0.717, 1.165) is 22.2 Å². The maximum absolute atomic E-state index is 12.0. The highest BCUT2D eigenvalue weighted by atomic mass is 16.5. The van der Waals surface area contributed by atoms with Gasteiger partial charge in [-0.15, -0.1) is 0 Å². The Hall–Kier alpha value is -2.89. The number of aromatic nitrogens is 1. The van der Waals surface area contributed by atoms with Gasteiger partial charge in [-0.3, -0.25) is 4.79 Å². The third kappa shape index (κ3) is 3.22. The van der Waals surface area contributed by atoms with Gasteiger partial charge in [0.1, 0.15) is 17.1 Å². The Kier molecular flexibility index (Phi) is 4.20. The fourth-order valence-electron chi connectivity index (χ4n) is 2.64. The van der Waals surface area contributed by atoms with Crippen LogP contribution in [0, 0.1) is 20.8 Å². The van der Waals surface area contributed by atoms with E-state index in [-0.39, 0.29) is 12.4 Å². The maximum atomic E-state index is 12.0. The van der Waals surface area contributed by atoms with Crippen molar-refractivity contribution in [2.24, 2.45) is 0 Å². The van der Waals surface area contributed by atoms with E-state index in [1.54, 1.807) is 18.2 Å². The molecule has 0 N–H and O–H groups in total. The van der Waals surface area contributed by atoms with Crippen molar-refractivity contribution in [3.8, 4) is 5.75 Å². The molecule has 24 heavy (non-hydrogen) atoms. The fraction of sp³-hybridized carbons (Fsp3) is 0.278. The molecule has 0 aliphatic heterocycles. The van der Waals surface area contributed by atoms with E-state index >= 15 is 0 Å². The first-order chi connectivity index (χ1) is 11.4. The molecule has 3 aromatic rings. The first-order valence-corrected chi connectivity index (χ1v) is 7.61. The Morgan fingerprint density at radius 3 is 2.71 bits per heavy atom. The van der Waals surface area contributed by atoms with Crippen LogP contribution in [-0.4, -0.2) is 11.1 Å². The fourth-order valence-corrected chi connectivity index (χ4v) is 2.64. The minimum Gasteiger partial charge on any atom is -0.426 e. The number of hydrogen-bond donors (Lipinski definition) is 0. The van der Waals surface area contributed by atoms with Crippen molar-refractivity contribution in [2.45, 2.75) is 33.6 Å². The van der Waals surface area contributed by atoms with Crippen LogP contribution in [-0.2, 0) is 11.2 Å². The first kappa shape index (κ1) is 16.0. The molecule has 0 saturated heterocycles. The number of esters is 1. The molecule has 0 unspecified atom stereocenters. The number of rotatable bonds is 4. The summed E-state index contributed by atoms with van der Waals surface area (Å²) in [5, 5.41) is 4.67. The highest BCUT2D eigenvalue weighted by Crippen LogP contribution is 2.23. The van der Waals surface area contributed by atoms with Gasteiger partial charge >= 0.3 is 11.6 Å². The standard InChI is InChI=1S/C18H17NO5/c1-10-8-18(21)23-16-9-13(4-5-14(10)16)22-17(20)7-6-15-11(2)19-24-12(15)3/h4-5,8-9H,6-7H2,1-3H3. The van der Waals surface area contributed by atoms with Crippen LogP contribution in [0.4, 0.5) is 0 Å². The van der Waals surface area contributed by atoms with Crippen LogP contribution in [0.3, 0.4) is 0 Å². The monoisotopic (exact) mass is 327 g/mol. The number of aryl methyl sites for hydroxylation is 3. The summed E-state index contributed by atoms with van der Waals surface area (Å²) in [5.41, 5.74) is 2.49. The van der Waals surface area contributed by atoms with Crippen molar-refractivity contribution in [1.82, 2.24) is 5.16 Å². The van der Waals surface area contributed by atoms with E-state index in [0.29, 0.717) is 23.5 Å². The number of carbonyl (C=O) groups is 1. The van der Waals surface area contributed by atoms with Crippen molar-refractivity contribution in [2.75, 3.05) is 0 Å². The van der Waals surface area contributed by atoms with Gasteiger partial charge < -0.3 is 13.7 Å². The van der Waals surface area contributed by atoms with Crippen LogP contribution in [0.15, 0.2) is 38.0 Å². The molecule has 124 valence electrons. The molecule has 0 aliphatic rings. The number of benzene rings is 1. The largest absolute Gasteiger partial charge is 0.426 e. The Morgan fingerprint density at radius 2 is 2.00 bits per heavy atom. The van der Waals surface area contributed by atoms with Gasteiger partial charge in [0.05, 0.1) is 12.1 Å². The molecule has 2 heterocycles. The van der Waals surface area contributed by atoms with E-state index in [2.05, 4.69) is 5.16 Å². The normalized spacial score (nSPS) is 11.0. The van der Waals surface area contributed by atoms with E-state index in [9.17, 15) is 9.59 Å². The molecule has 0 radical (unpaired) electrons. The summed E-state index contributed by atoms with van der Waals surface area (Å²) in [4.78, 5) is 23.5. The van der Waals surface area contributed by atoms with Crippen molar-refractivity contribution in [3.05, 3.63) is 57.3 Å². The number of ether oxygens (including phenoxy) is 1. The van der Waals surface area contributed by atoms with Crippen LogP contribution in [0.1, 0.15) is 29.0 Å². The Morgan fingerprint density at radius 1 is 1.21 bits per heavy atom. The molecular weight excluding hydrogens is 310 g/mol. The summed E-state index contributed by atoms with van der Waals surface area (Å²) in [6.07, 6.45) is 0.709. The van der Waals surface area contributed by atoms with Crippen LogP contribution < -0.4 is 10.4 Å². The van der Waals surface area contributed by atoms with Gasteiger partial charge in [-0.1, -0.05) is 5.16 Å². The topological polar surface area (TPSA) is 82.5 Å². The molecule has 0 spiro atoms. The lowest BCUT2D eigenvalue weighted by Crippen LogP contribution is -2.09. The zero-order valence-electron chi connectivity index (χ0n) is 13.7. The summed E-state index contributed by atoms with van der Waals surface area (Å²) in [7, 11) is 0. The van der Waals surface area contributed by atoms with Gasteiger partial charge in [0.2, 0.25) is 0 Å². The second-order valence-electron chi connectivity index (χ2n) is 5.68. The molecule has 0 amide bonds. The molecule has 3 rings (SSSR count). The third-order valence-electron chi connectivity index (χ3n) is 3.91. The summed E-state index contributed by atoms with van der Waals surface area (Å²) >= 11 is 0. The molecule has 0 aliphatic carbocycles. The molecule has 0 saturated carbocycles. The van der Waals surface area contributed by atoms with E-state index in [1.165, 1.54) is 6.07 Å². The second-order valence-corrected chi connectivity index (χ2v) is 5.68. The highest BCUT2D eigenvalue weighted by Gasteiger charge is 2.13. The van der Waals surface area contributed by atoms with Crippen LogP contribution in [0.5, 0.6) is 5.75 Å². The van der Waals surface area contributed by atoms with Gasteiger partial charge in [0, 0.05) is 23.1 Å². The third-order valence-corrected chi connectivity index (χ3v) is 3.91. The van der Waals surface area contributed by atoms with Gasteiger partial charge in [-0.2, -0.15) is 0 Å². The second kappa shape index (κ2) is 6.31. The summed E-state index contributed by atoms with van der Waals surface area (Å²) in [6.45, 7) is 5.48. The van der Waals surface area contributed by atoms with Crippen molar-refractivity contribution < 1.29 is 18.5 Å². The van der Waals surface area contributed by atoms with Gasteiger partial charge in [0.25, 0.3) is 0 Å². The van der Waals surface area contributed by atoms with Gasteiger partial charge in [-0.05, 0) is 44.9 Å². The van der Waals surface area contributed by atoms with E-state index in [1.807, 2.05) is 20.8 Å². The lowest BCUT2D eigenvalue weighted by atomic mass is 10.1. The molecule has 0 atom stereocenters. The predicted molar refractivity (Wildman–Crippen MR) is 87.2 cm³/mol. The first-order valence-electron chi connectivity index (χ1n) is 7.61. The molecule has 1 aromatic carbocycles. The zero-order chi connectivity index (χ0) is 17.3. The molecule has 2 aromatic heterocycles. The quantitative estimate of drug-likeness (QED) is 0.415. The molecular formula is C18H17NO5. The lowest BCUT2D eigenvalue weighted by Gasteiger charge is -2.06. The lowest BCUT2D eigenvalue weighted by molar-refractivity contribution is -0.134. The molecule has 0 bridgehead atoms. The number of fused-ring (bicyclic) bond motifs is 1. The minimum atomic E-state index is -0.429. The SMILES string of the molecule is Cc1noc(C)c1CCC(=O)Oc1ccc2c(C)cc(=O)oc2c1. The zero-order valence-corrected chi connectivity index (χ0v) is 13.7.